The van der Waals surface area contributed by atoms with Gasteiger partial charge in [-0.15, -0.1) is 0 Å². The standard InChI is InChI=1S/C31H39N3O4S/c1-7-29(31(36)32-8-2)33(20-26-11-9-10-23(4)17-26)30(35)21-34(27-18-24(5)16-25(6)19-27)39(37,38)28-14-12-22(3)13-15-28/h9-19,29H,7-8,20-21H2,1-6H3,(H,32,36)/t29-/m0/s1. The van der Waals surface area contributed by atoms with Crippen LogP contribution in [-0.4, -0.2) is 44.3 Å². The third-order valence-corrected chi connectivity index (χ3v) is 8.34. The highest BCUT2D eigenvalue weighted by molar-refractivity contribution is 7.92. The number of rotatable bonds is 11. The van der Waals surface area contributed by atoms with Crippen molar-refractivity contribution in [2.75, 3.05) is 17.4 Å². The van der Waals surface area contributed by atoms with Crippen LogP contribution in [0.25, 0.3) is 0 Å². The van der Waals surface area contributed by atoms with Gasteiger partial charge in [0, 0.05) is 13.1 Å². The topological polar surface area (TPSA) is 86.8 Å². The van der Waals surface area contributed by atoms with E-state index in [0.717, 1.165) is 32.1 Å². The number of carbonyl (C=O) groups is 2. The number of likely N-dealkylation sites (N-methyl/N-ethyl adjacent to an activating group) is 1. The Labute approximate surface area is 232 Å². The number of aryl methyl sites for hydroxylation is 4. The Morgan fingerprint density at radius 3 is 2.03 bits per heavy atom. The number of amides is 2. The Morgan fingerprint density at radius 1 is 0.821 bits per heavy atom. The van der Waals surface area contributed by atoms with Gasteiger partial charge in [-0.1, -0.05) is 60.5 Å². The normalized spacial score (nSPS) is 12.1. The first kappa shape index (κ1) is 29.9. The molecule has 208 valence electrons. The lowest BCUT2D eigenvalue weighted by Gasteiger charge is -2.33. The number of sulfonamides is 1. The maximum Gasteiger partial charge on any atom is 0.264 e. The van der Waals surface area contributed by atoms with Crippen molar-refractivity contribution < 1.29 is 18.0 Å². The fourth-order valence-electron chi connectivity index (χ4n) is 4.68. The van der Waals surface area contributed by atoms with Crippen molar-refractivity contribution in [1.82, 2.24) is 10.2 Å². The molecule has 0 saturated carbocycles. The summed E-state index contributed by atoms with van der Waals surface area (Å²) in [5.41, 5.74) is 5.00. The van der Waals surface area contributed by atoms with E-state index in [2.05, 4.69) is 5.32 Å². The van der Waals surface area contributed by atoms with Crippen LogP contribution in [0.4, 0.5) is 5.69 Å². The second kappa shape index (κ2) is 12.9. The molecule has 3 aromatic rings. The van der Waals surface area contributed by atoms with E-state index in [1.165, 1.54) is 4.90 Å². The summed E-state index contributed by atoms with van der Waals surface area (Å²) in [6, 6.07) is 19.1. The summed E-state index contributed by atoms with van der Waals surface area (Å²) in [6.45, 7) is 11.5. The highest BCUT2D eigenvalue weighted by Gasteiger charge is 2.33. The van der Waals surface area contributed by atoms with Gasteiger partial charge in [-0.25, -0.2) is 8.42 Å². The quantitative estimate of drug-likeness (QED) is 0.362. The molecule has 1 atom stereocenters. The van der Waals surface area contributed by atoms with E-state index in [0.29, 0.717) is 18.7 Å². The van der Waals surface area contributed by atoms with Gasteiger partial charge in [0.15, 0.2) is 0 Å². The summed E-state index contributed by atoms with van der Waals surface area (Å²) >= 11 is 0. The number of nitrogens with zero attached hydrogens (tertiary/aromatic N) is 2. The monoisotopic (exact) mass is 549 g/mol. The van der Waals surface area contributed by atoms with Crippen molar-refractivity contribution in [1.29, 1.82) is 0 Å². The predicted octanol–water partition coefficient (Wildman–Crippen LogP) is 5.06. The van der Waals surface area contributed by atoms with Crippen molar-refractivity contribution in [3.63, 3.8) is 0 Å². The average Bonchev–Trinajstić information content (AvgIpc) is 2.86. The summed E-state index contributed by atoms with van der Waals surface area (Å²) < 4.78 is 29.1. The zero-order valence-corrected chi connectivity index (χ0v) is 24.5. The molecule has 3 aromatic carbocycles. The van der Waals surface area contributed by atoms with Crippen molar-refractivity contribution in [2.45, 2.75) is 65.4 Å². The molecular formula is C31H39N3O4S. The number of anilines is 1. The third kappa shape index (κ3) is 7.47. The maximum absolute atomic E-state index is 14.1. The fourth-order valence-corrected chi connectivity index (χ4v) is 6.08. The molecule has 0 heterocycles. The van der Waals surface area contributed by atoms with E-state index in [1.807, 2.05) is 71.9 Å². The number of hydrogen-bond donors (Lipinski definition) is 1. The van der Waals surface area contributed by atoms with Crippen molar-refractivity contribution in [3.8, 4) is 0 Å². The lowest BCUT2D eigenvalue weighted by molar-refractivity contribution is -0.140. The molecule has 0 fully saturated rings. The van der Waals surface area contributed by atoms with E-state index in [-0.39, 0.29) is 17.3 Å². The highest BCUT2D eigenvalue weighted by atomic mass is 32.2. The average molecular weight is 550 g/mol. The molecule has 0 radical (unpaired) electrons. The van der Waals surface area contributed by atoms with Crippen molar-refractivity contribution in [2.24, 2.45) is 0 Å². The van der Waals surface area contributed by atoms with Crippen LogP contribution < -0.4 is 9.62 Å². The zero-order valence-electron chi connectivity index (χ0n) is 23.7. The molecule has 0 bridgehead atoms. The number of nitrogens with one attached hydrogen (secondary N) is 1. The second-order valence-electron chi connectivity index (χ2n) is 10.00. The molecule has 0 unspecified atom stereocenters. The van der Waals surface area contributed by atoms with Crippen LogP contribution in [0.2, 0.25) is 0 Å². The summed E-state index contributed by atoms with van der Waals surface area (Å²) in [6.07, 6.45) is 0.387. The summed E-state index contributed by atoms with van der Waals surface area (Å²) in [4.78, 5) is 28.7. The highest BCUT2D eigenvalue weighted by Crippen LogP contribution is 2.27. The van der Waals surface area contributed by atoms with Gasteiger partial charge in [0.1, 0.15) is 12.6 Å². The minimum atomic E-state index is -4.09. The Morgan fingerprint density at radius 2 is 1.46 bits per heavy atom. The van der Waals surface area contributed by atoms with Gasteiger partial charge in [-0.05, 0) is 82.0 Å². The minimum Gasteiger partial charge on any atom is -0.355 e. The van der Waals surface area contributed by atoms with Crippen LogP contribution in [0.15, 0.2) is 71.6 Å². The van der Waals surface area contributed by atoms with Crippen molar-refractivity contribution >= 4 is 27.5 Å². The molecule has 0 aliphatic rings. The van der Waals surface area contributed by atoms with Crippen LogP contribution in [-0.2, 0) is 26.2 Å². The number of hydrogen-bond acceptors (Lipinski definition) is 4. The lowest BCUT2D eigenvalue weighted by Crippen LogP contribution is -2.52. The molecule has 7 nitrogen and oxygen atoms in total. The zero-order chi connectivity index (χ0) is 28.7. The SMILES string of the molecule is CCNC(=O)[C@H](CC)N(Cc1cccc(C)c1)C(=O)CN(c1cc(C)cc(C)c1)S(=O)(=O)c1ccc(C)cc1. The van der Waals surface area contributed by atoms with E-state index in [9.17, 15) is 18.0 Å². The van der Waals surface area contributed by atoms with Gasteiger partial charge >= 0.3 is 0 Å². The Hall–Kier alpha value is -3.65. The van der Waals surface area contributed by atoms with Gasteiger partial charge in [0.05, 0.1) is 10.6 Å². The van der Waals surface area contributed by atoms with E-state index in [4.69, 9.17) is 0 Å². The smallest absolute Gasteiger partial charge is 0.264 e. The van der Waals surface area contributed by atoms with Gasteiger partial charge < -0.3 is 10.2 Å². The van der Waals surface area contributed by atoms with Gasteiger partial charge in [0.2, 0.25) is 11.8 Å². The van der Waals surface area contributed by atoms with Crippen LogP contribution in [0.5, 0.6) is 0 Å². The molecule has 39 heavy (non-hydrogen) atoms. The van der Waals surface area contributed by atoms with Crippen LogP contribution >= 0.6 is 0 Å². The summed E-state index contributed by atoms with van der Waals surface area (Å²) in [5, 5.41) is 2.83. The van der Waals surface area contributed by atoms with E-state index >= 15 is 0 Å². The summed E-state index contributed by atoms with van der Waals surface area (Å²) in [7, 11) is -4.09. The molecule has 0 saturated heterocycles. The minimum absolute atomic E-state index is 0.0982. The first-order valence-electron chi connectivity index (χ1n) is 13.3. The van der Waals surface area contributed by atoms with Crippen LogP contribution in [0.3, 0.4) is 0 Å². The largest absolute Gasteiger partial charge is 0.355 e. The van der Waals surface area contributed by atoms with E-state index in [1.54, 1.807) is 36.4 Å². The first-order chi connectivity index (χ1) is 18.5. The fraction of sp³-hybridized carbons (Fsp3) is 0.355. The Balaban J connectivity index is 2.10. The Bertz CT molecular complexity index is 1400. The molecule has 2 amide bonds. The predicted molar refractivity (Wildman–Crippen MR) is 156 cm³/mol. The first-order valence-corrected chi connectivity index (χ1v) is 14.7. The van der Waals surface area contributed by atoms with E-state index < -0.39 is 28.5 Å². The molecule has 0 aliphatic heterocycles. The maximum atomic E-state index is 14.1. The molecule has 8 heteroatoms. The second-order valence-corrected chi connectivity index (χ2v) is 11.9. The van der Waals surface area contributed by atoms with Crippen molar-refractivity contribution in [3.05, 3.63) is 94.5 Å². The molecule has 3 rings (SSSR count). The van der Waals surface area contributed by atoms with Crippen LogP contribution in [0.1, 0.15) is 48.1 Å². The van der Waals surface area contributed by atoms with Gasteiger partial charge in [-0.3, -0.25) is 13.9 Å². The summed E-state index contributed by atoms with van der Waals surface area (Å²) in [5.74, 6) is -0.718. The number of benzene rings is 3. The molecule has 0 spiro atoms. The third-order valence-electron chi connectivity index (χ3n) is 6.55. The molecule has 0 aliphatic carbocycles. The lowest BCUT2D eigenvalue weighted by atomic mass is 10.1. The molecule has 1 N–H and O–H groups in total. The number of carbonyl (C=O) groups excluding carboxylic acids is 2. The molecule has 0 aromatic heterocycles. The van der Waals surface area contributed by atoms with Gasteiger partial charge in [0.25, 0.3) is 10.0 Å². The Kier molecular flexibility index (Phi) is 9.92. The van der Waals surface area contributed by atoms with Gasteiger partial charge in [-0.2, -0.15) is 0 Å². The molecular weight excluding hydrogens is 510 g/mol. The van der Waals surface area contributed by atoms with Crippen LogP contribution in [0, 0.1) is 27.7 Å².